The van der Waals surface area contributed by atoms with Crippen LogP contribution in [0.3, 0.4) is 0 Å². The molecule has 0 spiro atoms. The zero-order valence-electron chi connectivity index (χ0n) is 21.2. The van der Waals surface area contributed by atoms with E-state index in [1.165, 1.54) is 11.3 Å². The van der Waals surface area contributed by atoms with Crippen LogP contribution in [0.2, 0.25) is 0 Å². The number of carbonyl (C=O) groups is 1. The lowest BCUT2D eigenvalue weighted by molar-refractivity contribution is 0.102. The number of H-pyrrole nitrogens is 1. The average molecular weight is 518 g/mol. The number of hydrogen-bond donors (Lipinski definition) is 3. The van der Waals surface area contributed by atoms with E-state index in [1.54, 1.807) is 6.07 Å². The van der Waals surface area contributed by atoms with Gasteiger partial charge < -0.3 is 10.1 Å². The number of ether oxygens (including phenoxy) is 1. The van der Waals surface area contributed by atoms with Gasteiger partial charge in [0.2, 0.25) is 0 Å². The van der Waals surface area contributed by atoms with Gasteiger partial charge in [0, 0.05) is 36.9 Å². The van der Waals surface area contributed by atoms with Crippen molar-refractivity contribution in [2.75, 3.05) is 25.1 Å². The van der Waals surface area contributed by atoms with E-state index < -0.39 is 0 Å². The van der Waals surface area contributed by atoms with Gasteiger partial charge in [-0.05, 0) is 36.1 Å². The van der Waals surface area contributed by atoms with Crippen molar-refractivity contribution in [3.8, 4) is 21.8 Å². The molecule has 0 unspecified atom stereocenters. The van der Waals surface area contributed by atoms with E-state index in [2.05, 4.69) is 20.8 Å². The maximum Gasteiger partial charge on any atom is 0.264 e. The van der Waals surface area contributed by atoms with Gasteiger partial charge in [-0.1, -0.05) is 67.6 Å². The predicted molar refractivity (Wildman–Crippen MR) is 148 cm³/mol. The smallest absolute Gasteiger partial charge is 0.264 e. The molecule has 0 bridgehead atoms. The lowest BCUT2D eigenvalue weighted by Gasteiger charge is -2.10. The highest BCUT2D eigenvalue weighted by Crippen LogP contribution is 2.40. The Morgan fingerprint density at radius 3 is 2.54 bits per heavy atom. The van der Waals surface area contributed by atoms with E-state index >= 15 is 0 Å². The van der Waals surface area contributed by atoms with Gasteiger partial charge in [0.1, 0.15) is 5.69 Å². The van der Waals surface area contributed by atoms with Crippen LogP contribution in [0.25, 0.3) is 21.8 Å². The lowest BCUT2D eigenvalue weighted by atomic mass is 10.00. The molecule has 37 heavy (non-hydrogen) atoms. The SMILES string of the molecule is CCOCCNCc1ccc(C(=O)Nc2nc(-c3ccccc3)c(-c3n[nH]c(=O)cc3C(C)C)s2)cc1. The number of benzene rings is 2. The van der Waals surface area contributed by atoms with Crippen LogP contribution < -0.4 is 16.2 Å². The molecule has 2 aromatic carbocycles. The number of aromatic nitrogens is 3. The molecule has 8 nitrogen and oxygen atoms in total. The summed E-state index contributed by atoms with van der Waals surface area (Å²) < 4.78 is 5.33. The van der Waals surface area contributed by atoms with E-state index in [0.29, 0.717) is 41.8 Å². The highest BCUT2D eigenvalue weighted by atomic mass is 32.1. The lowest BCUT2D eigenvalue weighted by Crippen LogP contribution is -2.19. The average Bonchev–Trinajstić information content (AvgIpc) is 3.32. The monoisotopic (exact) mass is 517 g/mol. The summed E-state index contributed by atoms with van der Waals surface area (Å²) >= 11 is 1.34. The zero-order chi connectivity index (χ0) is 26.2. The molecule has 4 aromatic rings. The molecule has 192 valence electrons. The van der Waals surface area contributed by atoms with E-state index in [0.717, 1.165) is 28.1 Å². The molecular formula is C28H31N5O3S. The third kappa shape index (κ3) is 6.76. The first-order valence-corrected chi connectivity index (χ1v) is 13.1. The van der Waals surface area contributed by atoms with Crippen molar-refractivity contribution in [3.63, 3.8) is 0 Å². The Hall–Kier alpha value is -3.66. The van der Waals surface area contributed by atoms with Crippen molar-refractivity contribution >= 4 is 22.4 Å². The molecule has 0 aliphatic heterocycles. The summed E-state index contributed by atoms with van der Waals surface area (Å²) in [5, 5.41) is 13.6. The number of nitrogens with zero attached hydrogens (tertiary/aromatic N) is 2. The Morgan fingerprint density at radius 1 is 1.08 bits per heavy atom. The molecule has 2 heterocycles. The van der Waals surface area contributed by atoms with Crippen LogP contribution in [0.5, 0.6) is 0 Å². The van der Waals surface area contributed by atoms with Gasteiger partial charge in [-0.2, -0.15) is 5.10 Å². The van der Waals surface area contributed by atoms with Crippen LogP contribution >= 0.6 is 11.3 Å². The Labute approximate surface area is 220 Å². The number of hydrogen-bond acceptors (Lipinski definition) is 7. The summed E-state index contributed by atoms with van der Waals surface area (Å²) in [5.41, 5.74) is 4.47. The highest BCUT2D eigenvalue weighted by Gasteiger charge is 2.22. The minimum absolute atomic E-state index is 0.0840. The first-order valence-electron chi connectivity index (χ1n) is 12.3. The third-order valence-corrected chi connectivity index (χ3v) is 6.72. The summed E-state index contributed by atoms with van der Waals surface area (Å²) in [4.78, 5) is 30.5. The maximum atomic E-state index is 13.0. The fourth-order valence-electron chi connectivity index (χ4n) is 3.83. The Bertz CT molecular complexity index is 1380. The van der Waals surface area contributed by atoms with Gasteiger partial charge in [-0.15, -0.1) is 0 Å². The van der Waals surface area contributed by atoms with Gasteiger partial charge in [0.25, 0.3) is 11.5 Å². The summed E-state index contributed by atoms with van der Waals surface area (Å²) in [6.45, 7) is 8.87. The zero-order valence-corrected chi connectivity index (χ0v) is 22.0. The van der Waals surface area contributed by atoms with Gasteiger partial charge in [-0.25, -0.2) is 10.1 Å². The van der Waals surface area contributed by atoms with Crippen LogP contribution in [0.1, 0.15) is 48.2 Å². The Balaban J connectivity index is 1.57. The molecule has 1 amide bonds. The predicted octanol–water partition coefficient (Wildman–Crippen LogP) is 5.06. The van der Waals surface area contributed by atoms with Crippen molar-refractivity contribution < 1.29 is 9.53 Å². The fourth-order valence-corrected chi connectivity index (χ4v) is 4.82. The fraction of sp³-hybridized carbons (Fsp3) is 0.286. The van der Waals surface area contributed by atoms with Crippen molar-refractivity contribution in [2.24, 2.45) is 0 Å². The van der Waals surface area contributed by atoms with Gasteiger partial charge in [0.15, 0.2) is 5.13 Å². The summed E-state index contributed by atoms with van der Waals surface area (Å²) in [7, 11) is 0. The first-order chi connectivity index (χ1) is 18.0. The number of aromatic amines is 1. The van der Waals surface area contributed by atoms with Crippen molar-refractivity contribution in [3.05, 3.63) is 87.7 Å². The van der Waals surface area contributed by atoms with Crippen molar-refractivity contribution in [1.82, 2.24) is 20.5 Å². The molecule has 0 saturated carbocycles. The second-order valence-corrected chi connectivity index (χ2v) is 9.78. The summed E-state index contributed by atoms with van der Waals surface area (Å²) in [6.07, 6.45) is 0. The number of thiazole rings is 1. The molecule has 3 N–H and O–H groups in total. The van der Waals surface area contributed by atoms with Crippen LogP contribution in [0.15, 0.2) is 65.5 Å². The largest absolute Gasteiger partial charge is 0.380 e. The summed E-state index contributed by atoms with van der Waals surface area (Å²) in [6, 6.07) is 18.8. The van der Waals surface area contributed by atoms with E-state index in [9.17, 15) is 9.59 Å². The molecular weight excluding hydrogens is 486 g/mol. The van der Waals surface area contributed by atoms with Crippen LogP contribution in [-0.2, 0) is 11.3 Å². The molecule has 2 aromatic heterocycles. The second-order valence-electron chi connectivity index (χ2n) is 8.78. The second kappa shape index (κ2) is 12.5. The van der Waals surface area contributed by atoms with E-state index in [-0.39, 0.29) is 17.4 Å². The molecule has 0 atom stereocenters. The van der Waals surface area contributed by atoms with Crippen LogP contribution in [0.4, 0.5) is 5.13 Å². The van der Waals surface area contributed by atoms with E-state index in [1.807, 2.05) is 75.4 Å². The number of nitrogens with one attached hydrogen (secondary N) is 3. The number of rotatable bonds is 11. The normalized spacial score (nSPS) is 11.1. The van der Waals surface area contributed by atoms with Gasteiger partial charge in [-0.3, -0.25) is 14.9 Å². The minimum atomic E-state index is -0.250. The van der Waals surface area contributed by atoms with Crippen molar-refractivity contribution in [1.29, 1.82) is 0 Å². The standard InChI is InChI=1S/C28H31N5O3S/c1-4-36-15-14-29-17-19-10-12-21(13-11-19)27(35)31-28-30-24(20-8-6-5-7-9-20)26(37-28)25-22(18(2)3)16-23(34)32-33-25/h5-13,16,18,29H,4,14-15,17H2,1-3H3,(H,32,34)(H,30,31,35). The molecule has 0 aliphatic carbocycles. The molecule has 0 aliphatic rings. The Kier molecular flexibility index (Phi) is 8.95. The summed E-state index contributed by atoms with van der Waals surface area (Å²) in [5.74, 6) is -0.157. The molecule has 4 rings (SSSR count). The maximum absolute atomic E-state index is 13.0. The molecule has 0 radical (unpaired) electrons. The topological polar surface area (TPSA) is 109 Å². The van der Waals surface area contributed by atoms with E-state index in [4.69, 9.17) is 9.72 Å². The number of anilines is 1. The van der Waals surface area contributed by atoms with Crippen molar-refractivity contribution in [2.45, 2.75) is 33.2 Å². The highest BCUT2D eigenvalue weighted by molar-refractivity contribution is 7.19. The number of amides is 1. The minimum Gasteiger partial charge on any atom is -0.380 e. The van der Waals surface area contributed by atoms with Crippen LogP contribution in [-0.4, -0.2) is 40.8 Å². The van der Waals surface area contributed by atoms with Gasteiger partial charge in [0.05, 0.1) is 17.2 Å². The van der Waals surface area contributed by atoms with Gasteiger partial charge >= 0.3 is 0 Å². The molecule has 0 fully saturated rings. The quantitative estimate of drug-likeness (QED) is 0.240. The van der Waals surface area contributed by atoms with Crippen LogP contribution in [0, 0.1) is 0 Å². The Morgan fingerprint density at radius 2 is 1.84 bits per heavy atom. The number of carbonyl (C=O) groups excluding carboxylic acids is 1. The molecule has 0 saturated heterocycles. The first kappa shape index (κ1) is 26.4. The molecule has 9 heteroatoms. The third-order valence-electron chi connectivity index (χ3n) is 5.74.